The molecule has 0 spiro atoms. The summed E-state index contributed by atoms with van der Waals surface area (Å²) < 4.78 is 39.1. The molecule has 0 aliphatic rings. The van der Waals surface area contributed by atoms with Crippen molar-refractivity contribution in [2.45, 2.75) is 0 Å². The van der Waals surface area contributed by atoms with Gasteiger partial charge in [-0.15, -0.1) is 0 Å². The number of hydrogen-bond acceptors (Lipinski definition) is 4. The van der Waals surface area contributed by atoms with Gasteiger partial charge in [0.15, 0.2) is 0 Å². The number of anilines is 1. The van der Waals surface area contributed by atoms with Gasteiger partial charge in [0.1, 0.15) is 12.4 Å². The smallest absolute Gasteiger partial charge is 0.260 e. The fourth-order valence-corrected chi connectivity index (χ4v) is 3.70. The minimum Gasteiger partial charge on any atom is -0.271 e. The lowest BCUT2D eigenvalue weighted by Gasteiger charge is -2.22. The van der Waals surface area contributed by atoms with Crippen LogP contribution in [0.5, 0.6) is 0 Å². The van der Waals surface area contributed by atoms with Gasteiger partial charge in [0.2, 0.25) is 10.0 Å². The lowest BCUT2D eigenvalue weighted by Crippen LogP contribution is -2.39. The van der Waals surface area contributed by atoms with E-state index in [0.717, 1.165) is 16.8 Å². The van der Waals surface area contributed by atoms with Gasteiger partial charge >= 0.3 is 0 Å². The van der Waals surface area contributed by atoms with Crippen LogP contribution in [-0.4, -0.2) is 33.3 Å². The van der Waals surface area contributed by atoms with Crippen LogP contribution in [0.15, 0.2) is 52.0 Å². The van der Waals surface area contributed by atoms with Crippen LogP contribution in [0.3, 0.4) is 0 Å². The summed E-state index contributed by atoms with van der Waals surface area (Å²) in [4.78, 5) is 12.1. The molecule has 0 unspecified atom stereocenters. The molecule has 0 saturated carbocycles. The van der Waals surface area contributed by atoms with Crippen molar-refractivity contribution in [3.8, 4) is 0 Å². The number of hydrogen-bond donors (Lipinski definition) is 1. The van der Waals surface area contributed by atoms with Crippen molar-refractivity contribution in [1.29, 1.82) is 0 Å². The number of nitrogens with zero attached hydrogens (tertiary/aromatic N) is 2. The Morgan fingerprint density at radius 2 is 2.00 bits per heavy atom. The summed E-state index contributed by atoms with van der Waals surface area (Å²) in [5.41, 5.74) is 2.49. The van der Waals surface area contributed by atoms with Crippen LogP contribution in [-0.2, 0) is 14.8 Å². The normalized spacial score (nSPS) is 11.5. The molecule has 2 aromatic carbocycles. The summed E-state index contributed by atoms with van der Waals surface area (Å²) in [7, 11) is -3.72. The van der Waals surface area contributed by atoms with Gasteiger partial charge in [-0.25, -0.2) is 18.2 Å². The summed E-state index contributed by atoms with van der Waals surface area (Å²) >= 11 is 9.10. The number of carbonyl (C=O) groups excluding carboxylic acids is 1. The van der Waals surface area contributed by atoms with Crippen molar-refractivity contribution in [2.75, 3.05) is 17.1 Å². The summed E-state index contributed by atoms with van der Waals surface area (Å²) in [5.74, 6) is -1.30. The number of para-hydroxylation sites is 1. The molecule has 0 heterocycles. The maximum absolute atomic E-state index is 13.6. The van der Waals surface area contributed by atoms with Crippen molar-refractivity contribution < 1.29 is 17.6 Å². The highest BCUT2D eigenvalue weighted by atomic mass is 79.9. The highest BCUT2D eigenvalue weighted by molar-refractivity contribution is 9.10. The van der Waals surface area contributed by atoms with Crippen LogP contribution in [0.4, 0.5) is 10.1 Å². The number of carbonyl (C=O) groups is 1. The molecule has 0 atom stereocenters. The highest BCUT2D eigenvalue weighted by Gasteiger charge is 2.22. The molecule has 6 nitrogen and oxygen atoms in total. The van der Waals surface area contributed by atoms with Crippen molar-refractivity contribution in [3.05, 3.63) is 63.3 Å². The van der Waals surface area contributed by atoms with E-state index in [0.29, 0.717) is 10.2 Å². The summed E-state index contributed by atoms with van der Waals surface area (Å²) in [5, 5.41) is 3.77. The Morgan fingerprint density at radius 3 is 2.62 bits per heavy atom. The van der Waals surface area contributed by atoms with E-state index in [1.807, 2.05) is 0 Å². The Balaban J connectivity index is 2.14. The SMILES string of the molecule is CS(=O)(=O)N(CC(=O)NN=Cc1c(F)cccc1Cl)c1ccccc1Br. The van der Waals surface area contributed by atoms with E-state index in [-0.39, 0.29) is 10.6 Å². The molecule has 1 amide bonds. The Bertz CT molecular complexity index is 933. The minimum atomic E-state index is -3.72. The molecule has 0 radical (unpaired) electrons. The van der Waals surface area contributed by atoms with Crippen LogP contribution >= 0.6 is 27.5 Å². The van der Waals surface area contributed by atoms with E-state index in [2.05, 4.69) is 26.5 Å². The fourth-order valence-electron chi connectivity index (χ4n) is 2.00. The standard InChI is InChI=1S/C16H14BrClFN3O3S/c1-26(24,25)22(15-8-3-2-5-12(15)17)10-16(23)21-20-9-11-13(18)6-4-7-14(11)19/h2-9H,10H2,1H3,(H,21,23). The number of hydrazone groups is 1. The first kappa shape index (κ1) is 20.3. The number of halogens is 3. The molecule has 2 aromatic rings. The molecule has 0 saturated heterocycles. The Morgan fingerprint density at radius 1 is 1.31 bits per heavy atom. The zero-order valence-electron chi connectivity index (χ0n) is 13.5. The molecule has 138 valence electrons. The predicted molar refractivity (Wildman–Crippen MR) is 103 cm³/mol. The van der Waals surface area contributed by atoms with E-state index in [4.69, 9.17) is 11.6 Å². The molecule has 2 rings (SSSR count). The Kier molecular flexibility index (Phi) is 6.74. The maximum atomic E-state index is 13.6. The third kappa shape index (κ3) is 5.26. The minimum absolute atomic E-state index is 0.0141. The van der Waals surface area contributed by atoms with Crippen LogP contribution in [0.1, 0.15) is 5.56 Å². The summed E-state index contributed by atoms with van der Waals surface area (Å²) in [6, 6.07) is 10.7. The van der Waals surface area contributed by atoms with Crippen molar-refractivity contribution in [2.24, 2.45) is 5.10 Å². The molecule has 0 aliphatic carbocycles. The van der Waals surface area contributed by atoms with Gasteiger partial charge < -0.3 is 0 Å². The van der Waals surface area contributed by atoms with Gasteiger partial charge in [-0.3, -0.25) is 9.10 Å². The molecular formula is C16H14BrClFN3O3S. The average molecular weight is 463 g/mol. The van der Waals surface area contributed by atoms with E-state index >= 15 is 0 Å². The number of benzene rings is 2. The lowest BCUT2D eigenvalue weighted by atomic mass is 10.2. The van der Waals surface area contributed by atoms with E-state index < -0.39 is 28.3 Å². The fraction of sp³-hybridized carbons (Fsp3) is 0.125. The second-order valence-electron chi connectivity index (χ2n) is 5.15. The number of amides is 1. The van der Waals surface area contributed by atoms with Crippen LogP contribution in [0.2, 0.25) is 5.02 Å². The van der Waals surface area contributed by atoms with Gasteiger partial charge in [-0.05, 0) is 40.2 Å². The Labute approximate surface area is 163 Å². The van der Waals surface area contributed by atoms with Crippen LogP contribution in [0, 0.1) is 5.82 Å². The van der Waals surface area contributed by atoms with Crippen molar-refractivity contribution >= 4 is 55.4 Å². The van der Waals surface area contributed by atoms with Crippen LogP contribution < -0.4 is 9.73 Å². The second-order valence-corrected chi connectivity index (χ2v) is 8.32. The molecule has 0 aliphatic heterocycles. The highest BCUT2D eigenvalue weighted by Crippen LogP contribution is 2.27. The van der Waals surface area contributed by atoms with Gasteiger partial charge in [0, 0.05) is 10.0 Å². The average Bonchev–Trinajstić information content (AvgIpc) is 2.55. The summed E-state index contributed by atoms with van der Waals surface area (Å²) in [6.45, 7) is -0.496. The van der Waals surface area contributed by atoms with E-state index in [1.165, 1.54) is 18.2 Å². The molecule has 26 heavy (non-hydrogen) atoms. The Hall–Kier alpha value is -1.97. The van der Waals surface area contributed by atoms with E-state index in [1.54, 1.807) is 24.3 Å². The largest absolute Gasteiger partial charge is 0.271 e. The topological polar surface area (TPSA) is 78.8 Å². The third-order valence-electron chi connectivity index (χ3n) is 3.19. The van der Waals surface area contributed by atoms with Crippen LogP contribution in [0.25, 0.3) is 0 Å². The van der Waals surface area contributed by atoms with Crippen molar-refractivity contribution in [1.82, 2.24) is 5.43 Å². The quantitative estimate of drug-likeness (QED) is 0.529. The number of sulfonamides is 1. The van der Waals surface area contributed by atoms with E-state index in [9.17, 15) is 17.6 Å². The molecule has 0 fully saturated rings. The number of rotatable bonds is 6. The predicted octanol–water partition coefficient (Wildman–Crippen LogP) is 3.16. The lowest BCUT2D eigenvalue weighted by molar-refractivity contribution is -0.119. The zero-order valence-corrected chi connectivity index (χ0v) is 16.6. The van der Waals surface area contributed by atoms with Gasteiger partial charge in [-0.1, -0.05) is 29.8 Å². The molecule has 0 bridgehead atoms. The molecule has 1 N–H and O–H groups in total. The molecule has 0 aromatic heterocycles. The first-order valence-corrected chi connectivity index (χ1v) is 10.2. The van der Waals surface area contributed by atoms with Gasteiger partial charge in [0.05, 0.1) is 23.2 Å². The maximum Gasteiger partial charge on any atom is 0.260 e. The first-order chi connectivity index (χ1) is 12.2. The third-order valence-corrected chi connectivity index (χ3v) is 5.32. The monoisotopic (exact) mass is 461 g/mol. The first-order valence-electron chi connectivity index (χ1n) is 7.18. The number of nitrogens with one attached hydrogen (secondary N) is 1. The second kappa shape index (κ2) is 8.61. The van der Waals surface area contributed by atoms with Crippen molar-refractivity contribution in [3.63, 3.8) is 0 Å². The van der Waals surface area contributed by atoms with Gasteiger partial charge in [-0.2, -0.15) is 5.10 Å². The summed E-state index contributed by atoms with van der Waals surface area (Å²) in [6.07, 6.45) is 2.04. The van der Waals surface area contributed by atoms with Gasteiger partial charge in [0.25, 0.3) is 5.91 Å². The molecule has 10 heteroatoms. The zero-order chi connectivity index (χ0) is 19.3. The molecular weight excluding hydrogens is 449 g/mol.